The fourth-order valence-corrected chi connectivity index (χ4v) is 2.92. The maximum atomic E-state index is 13.0. The van der Waals surface area contributed by atoms with E-state index in [0.717, 1.165) is 5.69 Å². The Morgan fingerprint density at radius 2 is 1.92 bits per heavy atom. The Labute approximate surface area is 144 Å². The van der Waals surface area contributed by atoms with Crippen molar-refractivity contribution >= 4 is 17.7 Å². The Kier molecular flexibility index (Phi) is 4.43. The lowest BCUT2D eigenvalue weighted by atomic mass is 9.91. The van der Waals surface area contributed by atoms with Crippen LogP contribution in [0, 0.1) is 12.7 Å². The van der Waals surface area contributed by atoms with Crippen molar-refractivity contribution in [2.75, 3.05) is 23.7 Å². The summed E-state index contributed by atoms with van der Waals surface area (Å²) in [6.07, 6.45) is 0.533. The normalized spacial score (nSPS) is 16.5. The molecule has 0 unspecified atom stereocenters. The summed E-state index contributed by atoms with van der Waals surface area (Å²) >= 11 is 0. The number of hydrogen-bond acceptors (Lipinski definition) is 6. The first-order valence-electron chi connectivity index (χ1n) is 7.92. The van der Waals surface area contributed by atoms with E-state index in [1.165, 1.54) is 24.3 Å². The van der Waals surface area contributed by atoms with Crippen molar-refractivity contribution in [3.63, 3.8) is 0 Å². The number of nitrogen functional groups attached to an aromatic ring is 1. The van der Waals surface area contributed by atoms with Gasteiger partial charge in [-0.25, -0.2) is 14.2 Å². The van der Waals surface area contributed by atoms with Gasteiger partial charge in [-0.1, -0.05) is 0 Å². The molecule has 1 aliphatic heterocycles. The highest BCUT2D eigenvalue weighted by atomic mass is 19.1. The number of carbonyl (C=O) groups is 1. The van der Waals surface area contributed by atoms with Gasteiger partial charge in [-0.05, 0) is 31.2 Å². The quantitative estimate of drug-likeness (QED) is 0.873. The highest BCUT2D eigenvalue weighted by Gasteiger charge is 2.44. The number of nitrogens with two attached hydrogens (primary N) is 1. The summed E-state index contributed by atoms with van der Waals surface area (Å²) in [6, 6.07) is 7.16. The summed E-state index contributed by atoms with van der Waals surface area (Å²) in [7, 11) is 0. The van der Waals surface area contributed by atoms with Crippen LogP contribution >= 0.6 is 0 Å². The largest absolute Gasteiger partial charge is 0.478 e. The lowest BCUT2D eigenvalue weighted by Gasteiger charge is -2.39. The molecule has 3 rings (SSSR count). The van der Waals surface area contributed by atoms with E-state index in [4.69, 9.17) is 10.5 Å². The van der Waals surface area contributed by atoms with E-state index in [1.807, 2.05) is 17.9 Å². The van der Waals surface area contributed by atoms with E-state index in [1.54, 1.807) is 0 Å². The Bertz CT molecular complexity index is 754. The number of aryl methyl sites for hydroxylation is 1. The molecule has 0 amide bonds. The van der Waals surface area contributed by atoms with Gasteiger partial charge in [-0.15, -0.1) is 0 Å². The second-order valence-electron chi connectivity index (χ2n) is 6.07. The van der Waals surface area contributed by atoms with E-state index in [2.05, 4.69) is 9.97 Å². The van der Waals surface area contributed by atoms with Crippen LogP contribution in [0.2, 0.25) is 0 Å². The fraction of sp³-hybridized carbons (Fsp3) is 0.353. The van der Waals surface area contributed by atoms with Crippen molar-refractivity contribution in [3.8, 4) is 5.75 Å². The molecule has 1 fully saturated rings. The van der Waals surface area contributed by atoms with Gasteiger partial charge in [0.05, 0.1) is 0 Å². The molecule has 1 aliphatic rings. The van der Waals surface area contributed by atoms with Gasteiger partial charge in [0.1, 0.15) is 17.4 Å². The van der Waals surface area contributed by atoms with E-state index >= 15 is 0 Å². The minimum atomic E-state index is -1.35. The number of hydrogen-bond donors (Lipinski definition) is 2. The Morgan fingerprint density at radius 1 is 1.28 bits per heavy atom. The van der Waals surface area contributed by atoms with Crippen molar-refractivity contribution in [2.45, 2.75) is 25.4 Å². The van der Waals surface area contributed by atoms with Crippen LogP contribution in [0.25, 0.3) is 0 Å². The van der Waals surface area contributed by atoms with Crippen LogP contribution in [0.3, 0.4) is 0 Å². The number of carboxylic acids is 1. The molecular formula is C17H19FN4O3. The summed E-state index contributed by atoms with van der Waals surface area (Å²) in [5.41, 5.74) is 5.09. The van der Waals surface area contributed by atoms with Gasteiger partial charge in [0.15, 0.2) is 0 Å². The van der Waals surface area contributed by atoms with Gasteiger partial charge < -0.3 is 20.5 Å². The van der Waals surface area contributed by atoms with Crippen molar-refractivity contribution in [1.29, 1.82) is 0 Å². The summed E-state index contributed by atoms with van der Waals surface area (Å²) in [5, 5.41) is 9.69. The zero-order valence-electron chi connectivity index (χ0n) is 13.8. The zero-order chi connectivity index (χ0) is 18.0. The second kappa shape index (κ2) is 6.54. The highest BCUT2D eigenvalue weighted by Crippen LogP contribution is 2.31. The van der Waals surface area contributed by atoms with Crippen molar-refractivity contribution in [2.24, 2.45) is 0 Å². The number of ether oxygens (including phenoxy) is 1. The predicted octanol–water partition coefficient (Wildman–Crippen LogP) is 2.01. The molecule has 132 valence electrons. The second-order valence-corrected chi connectivity index (χ2v) is 6.07. The third-order valence-corrected chi connectivity index (χ3v) is 4.27. The molecule has 0 bridgehead atoms. The Balaban J connectivity index is 1.76. The molecule has 2 aromatic rings. The molecule has 0 radical (unpaired) electrons. The zero-order valence-corrected chi connectivity index (χ0v) is 13.8. The summed E-state index contributed by atoms with van der Waals surface area (Å²) < 4.78 is 18.8. The molecule has 1 aromatic heterocycles. The number of benzene rings is 1. The molecule has 25 heavy (non-hydrogen) atoms. The lowest BCUT2D eigenvalue weighted by Crippen LogP contribution is -2.53. The number of piperidine rings is 1. The number of aliphatic carboxylic acids is 1. The molecule has 7 nitrogen and oxygen atoms in total. The van der Waals surface area contributed by atoms with Gasteiger partial charge in [0.2, 0.25) is 11.5 Å². The van der Waals surface area contributed by atoms with E-state index in [-0.39, 0.29) is 18.8 Å². The number of rotatable bonds is 4. The third-order valence-electron chi connectivity index (χ3n) is 4.27. The number of aromatic nitrogens is 2. The monoisotopic (exact) mass is 346 g/mol. The van der Waals surface area contributed by atoms with Crippen LogP contribution in [0.4, 0.5) is 16.2 Å². The SMILES string of the molecule is Cc1cc(N2CCC(Oc3ccc(F)cc3)(C(=O)O)CC2)nc(N)n1. The molecule has 0 saturated carbocycles. The smallest absolute Gasteiger partial charge is 0.348 e. The maximum Gasteiger partial charge on any atom is 0.348 e. The minimum absolute atomic E-state index is 0.188. The molecule has 0 spiro atoms. The Morgan fingerprint density at radius 3 is 2.48 bits per heavy atom. The van der Waals surface area contributed by atoms with Gasteiger partial charge >= 0.3 is 5.97 Å². The number of nitrogens with zero attached hydrogens (tertiary/aromatic N) is 3. The summed E-state index contributed by atoms with van der Waals surface area (Å²) in [4.78, 5) is 22.0. The van der Waals surface area contributed by atoms with Gasteiger partial charge in [-0.3, -0.25) is 0 Å². The van der Waals surface area contributed by atoms with Crippen molar-refractivity contribution < 1.29 is 19.0 Å². The van der Waals surface area contributed by atoms with Crippen molar-refractivity contribution in [1.82, 2.24) is 9.97 Å². The first kappa shape index (κ1) is 16.9. The first-order chi connectivity index (χ1) is 11.9. The third kappa shape index (κ3) is 3.62. The molecule has 1 aromatic carbocycles. The van der Waals surface area contributed by atoms with Crippen LogP contribution in [-0.4, -0.2) is 39.7 Å². The van der Waals surface area contributed by atoms with Crippen LogP contribution in [-0.2, 0) is 4.79 Å². The molecule has 3 N–H and O–H groups in total. The van der Waals surface area contributed by atoms with Crippen LogP contribution in [0.15, 0.2) is 30.3 Å². The van der Waals surface area contributed by atoms with Gasteiger partial charge in [-0.2, -0.15) is 4.98 Å². The lowest BCUT2D eigenvalue weighted by molar-refractivity contribution is -0.157. The maximum absolute atomic E-state index is 13.0. The highest BCUT2D eigenvalue weighted by molar-refractivity contribution is 5.78. The molecular weight excluding hydrogens is 327 g/mol. The number of carboxylic acid groups (broad SMARTS) is 1. The van der Waals surface area contributed by atoms with Gasteiger partial charge in [0.25, 0.3) is 0 Å². The minimum Gasteiger partial charge on any atom is -0.478 e. The summed E-state index contributed by atoms with van der Waals surface area (Å²) in [5.74, 6) is -0.240. The molecule has 1 saturated heterocycles. The van der Waals surface area contributed by atoms with E-state index < -0.39 is 17.4 Å². The molecule has 0 aliphatic carbocycles. The van der Waals surface area contributed by atoms with E-state index in [9.17, 15) is 14.3 Å². The van der Waals surface area contributed by atoms with Gasteiger partial charge in [0, 0.05) is 37.7 Å². The number of anilines is 2. The predicted molar refractivity (Wildman–Crippen MR) is 90.0 cm³/mol. The van der Waals surface area contributed by atoms with Crippen LogP contribution in [0.5, 0.6) is 5.75 Å². The van der Waals surface area contributed by atoms with E-state index in [0.29, 0.717) is 24.7 Å². The summed E-state index contributed by atoms with van der Waals surface area (Å²) in [6.45, 7) is 2.72. The standard InChI is InChI=1S/C17H19FN4O3/c1-11-10-14(21-16(19)20-11)22-8-6-17(7-9-22,15(23)24)25-13-4-2-12(18)3-5-13/h2-5,10H,6-9H2,1H3,(H,23,24)(H2,19,20,21). The Hall–Kier alpha value is -2.90. The number of halogens is 1. The fourth-order valence-electron chi connectivity index (χ4n) is 2.92. The molecule has 0 atom stereocenters. The average molecular weight is 346 g/mol. The topological polar surface area (TPSA) is 102 Å². The average Bonchev–Trinajstić information content (AvgIpc) is 2.56. The van der Waals surface area contributed by atoms with Crippen molar-refractivity contribution in [3.05, 3.63) is 41.8 Å². The first-order valence-corrected chi connectivity index (χ1v) is 7.92. The van der Waals surface area contributed by atoms with Crippen LogP contribution in [0.1, 0.15) is 18.5 Å². The molecule has 8 heteroatoms. The molecule has 2 heterocycles. The van der Waals surface area contributed by atoms with Crippen LogP contribution < -0.4 is 15.4 Å².